The lowest BCUT2D eigenvalue weighted by Crippen LogP contribution is -2.28. The Morgan fingerprint density at radius 3 is 2.70 bits per heavy atom. The number of rotatable bonds is 6. The van der Waals surface area contributed by atoms with Crippen LogP contribution < -0.4 is 4.74 Å². The predicted octanol–water partition coefficient (Wildman–Crippen LogP) is 1.53. The van der Waals surface area contributed by atoms with Crippen LogP contribution >= 0.6 is 0 Å². The summed E-state index contributed by atoms with van der Waals surface area (Å²) in [5, 5.41) is 8.86. The first-order valence-corrected chi connectivity index (χ1v) is 6.45. The zero-order valence-corrected chi connectivity index (χ0v) is 10.9. The molecule has 0 aliphatic carbocycles. The standard InChI is InChI=1S/C14H16FNO4/c15-11-2-4-12(5-3-11)20-7-1-6-16-9-10(14(18)19)8-13(16)17/h2-5,10H,1,6-9H2,(H,18,19). The maximum absolute atomic E-state index is 12.7. The molecule has 1 heterocycles. The van der Waals surface area contributed by atoms with Gasteiger partial charge in [0.25, 0.3) is 0 Å². The Balaban J connectivity index is 1.70. The Morgan fingerprint density at radius 1 is 1.40 bits per heavy atom. The van der Waals surface area contributed by atoms with Gasteiger partial charge in [-0.3, -0.25) is 9.59 Å². The monoisotopic (exact) mass is 281 g/mol. The van der Waals surface area contributed by atoms with E-state index in [1.807, 2.05) is 0 Å². The highest BCUT2D eigenvalue weighted by Gasteiger charge is 2.33. The highest BCUT2D eigenvalue weighted by Crippen LogP contribution is 2.18. The predicted molar refractivity (Wildman–Crippen MR) is 68.8 cm³/mol. The van der Waals surface area contributed by atoms with Crippen LogP contribution in [0.5, 0.6) is 5.75 Å². The summed E-state index contributed by atoms with van der Waals surface area (Å²) in [6, 6.07) is 5.71. The summed E-state index contributed by atoms with van der Waals surface area (Å²) in [7, 11) is 0. The third kappa shape index (κ3) is 3.69. The van der Waals surface area contributed by atoms with Gasteiger partial charge >= 0.3 is 5.97 Å². The second kappa shape index (κ2) is 6.36. The van der Waals surface area contributed by atoms with Crippen molar-refractivity contribution in [3.8, 4) is 5.75 Å². The van der Waals surface area contributed by atoms with Gasteiger partial charge in [0.2, 0.25) is 5.91 Å². The van der Waals surface area contributed by atoms with Crippen LogP contribution in [-0.4, -0.2) is 41.6 Å². The number of carboxylic acid groups (broad SMARTS) is 1. The van der Waals surface area contributed by atoms with Crippen molar-refractivity contribution >= 4 is 11.9 Å². The molecule has 1 atom stereocenters. The Morgan fingerprint density at radius 2 is 2.10 bits per heavy atom. The summed E-state index contributed by atoms with van der Waals surface area (Å²) in [5.41, 5.74) is 0. The molecular formula is C14H16FNO4. The summed E-state index contributed by atoms with van der Waals surface area (Å²) in [4.78, 5) is 23.9. The van der Waals surface area contributed by atoms with Crippen molar-refractivity contribution < 1.29 is 23.8 Å². The van der Waals surface area contributed by atoms with Crippen molar-refractivity contribution in [3.63, 3.8) is 0 Å². The number of ether oxygens (including phenoxy) is 1. The third-order valence-electron chi connectivity index (χ3n) is 3.22. The number of nitrogens with zero attached hydrogens (tertiary/aromatic N) is 1. The zero-order valence-electron chi connectivity index (χ0n) is 10.9. The minimum Gasteiger partial charge on any atom is -0.494 e. The van der Waals surface area contributed by atoms with Crippen molar-refractivity contribution in [1.82, 2.24) is 4.90 Å². The zero-order chi connectivity index (χ0) is 14.5. The molecule has 0 bridgehead atoms. The molecule has 0 aromatic heterocycles. The van der Waals surface area contributed by atoms with Crippen LogP contribution in [0.3, 0.4) is 0 Å². The van der Waals surface area contributed by atoms with Crippen molar-refractivity contribution in [2.75, 3.05) is 19.7 Å². The molecule has 5 nitrogen and oxygen atoms in total. The van der Waals surface area contributed by atoms with Gasteiger partial charge in [-0.1, -0.05) is 0 Å². The van der Waals surface area contributed by atoms with E-state index >= 15 is 0 Å². The second-order valence-corrected chi connectivity index (χ2v) is 4.73. The maximum atomic E-state index is 12.7. The molecule has 0 radical (unpaired) electrons. The Hall–Kier alpha value is -2.11. The molecule has 1 unspecified atom stereocenters. The number of benzene rings is 1. The fourth-order valence-corrected chi connectivity index (χ4v) is 2.13. The third-order valence-corrected chi connectivity index (χ3v) is 3.22. The number of likely N-dealkylation sites (tertiary alicyclic amines) is 1. The average molecular weight is 281 g/mol. The first-order valence-electron chi connectivity index (χ1n) is 6.45. The van der Waals surface area contributed by atoms with Crippen LogP contribution in [0.15, 0.2) is 24.3 Å². The minimum absolute atomic E-state index is 0.0775. The number of halogens is 1. The first kappa shape index (κ1) is 14.3. The van der Waals surface area contributed by atoms with Crippen LogP contribution in [0.1, 0.15) is 12.8 Å². The van der Waals surface area contributed by atoms with Crippen molar-refractivity contribution in [1.29, 1.82) is 0 Å². The number of carbonyl (C=O) groups excluding carboxylic acids is 1. The van der Waals surface area contributed by atoms with Crippen molar-refractivity contribution in [2.24, 2.45) is 5.92 Å². The molecule has 20 heavy (non-hydrogen) atoms. The van der Waals surface area contributed by atoms with E-state index in [4.69, 9.17) is 9.84 Å². The van der Waals surface area contributed by atoms with E-state index in [1.165, 1.54) is 24.3 Å². The molecule has 1 aromatic carbocycles. The lowest BCUT2D eigenvalue weighted by atomic mass is 10.1. The Bertz CT molecular complexity index is 488. The molecule has 2 rings (SSSR count). The molecule has 1 aliphatic rings. The van der Waals surface area contributed by atoms with Crippen LogP contribution in [0.2, 0.25) is 0 Å². The lowest BCUT2D eigenvalue weighted by Gasteiger charge is -2.15. The highest BCUT2D eigenvalue weighted by molar-refractivity contribution is 5.86. The van der Waals surface area contributed by atoms with Crippen molar-refractivity contribution in [2.45, 2.75) is 12.8 Å². The number of aliphatic carboxylic acids is 1. The van der Waals surface area contributed by atoms with Crippen LogP contribution in [-0.2, 0) is 9.59 Å². The van der Waals surface area contributed by atoms with Crippen LogP contribution in [0, 0.1) is 11.7 Å². The molecule has 1 saturated heterocycles. The van der Waals surface area contributed by atoms with Crippen LogP contribution in [0.25, 0.3) is 0 Å². The smallest absolute Gasteiger partial charge is 0.308 e. The van der Waals surface area contributed by atoms with Gasteiger partial charge in [0.05, 0.1) is 12.5 Å². The number of hydrogen-bond acceptors (Lipinski definition) is 3. The molecule has 0 saturated carbocycles. The van der Waals surface area contributed by atoms with E-state index in [0.717, 1.165) is 0 Å². The summed E-state index contributed by atoms with van der Waals surface area (Å²) < 4.78 is 18.1. The average Bonchev–Trinajstić information content (AvgIpc) is 2.79. The Kier molecular flexibility index (Phi) is 4.55. The lowest BCUT2D eigenvalue weighted by molar-refractivity contribution is -0.141. The summed E-state index contributed by atoms with van der Waals surface area (Å²) >= 11 is 0. The van der Waals surface area contributed by atoms with E-state index in [9.17, 15) is 14.0 Å². The quantitative estimate of drug-likeness (QED) is 0.803. The largest absolute Gasteiger partial charge is 0.494 e. The van der Waals surface area contributed by atoms with Gasteiger partial charge in [-0.25, -0.2) is 4.39 Å². The summed E-state index contributed by atoms with van der Waals surface area (Å²) in [6.45, 7) is 1.14. The fourth-order valence-electron chi connectivity index (χ4n) is 2.13. The number of carbonyl (C=O) groups is 2. The molecule has 6 heteroatoms. The van der Waals surface area contributed by atoms with Gasteiger partial charge < -0.3 is 14.7 Å². The van der Waals surface area contributed by atoms with Crippen LogP contribution in [0.4, 0.5) is 4.39 Å². The summed E-state index contributed by atoms with van der Waals surface area (Å²) in [5.74, 6) is -1.40. The van der Waals surface area contributed by atoms with E-state index in [0.29, 0.717) is 25.3 Å². The van der Waals surface area contributed by atoms with Gasteiger partial charge in [-0.15, -0.1) is 0 Å². The molecule has 1 amide bonds. The van der Waals surface area contributed by atoms with E-state index in [1.54, 1.807) is 4.90 Å². The fraction of sp³-hybridized carbons (Fsp3) is 0.429. The Labute approximate surface area is 116 Å². The van der Waals surface area contributed by atoms with E-state index in [2.05, 4.69) is 0 Å². The molecular weight excluding hydrogens is 265 g/mol. The summed E-state index contributed by atoms with van der Waals surface area (Å²) in [6.07, 6.45) is 0.684. The van der Waals surface area contributed by atoms with Gasteiger partial charge in [0.1, 0.15) is 11.6 Å². The van der Waals surface area contributed by atoms with Crippen molar-refractivity contribution in [3.05, 3.63) is 30.1 Å². The van der Waals surface area contributed by atoms with Gasteiger partial charge in [-0.2, -0.15) is 0 Å². The molecule has 1 N–H and O–H groups in total. The molecule has 1 aliphatic heterocycles. The SMILES string of the molecule is O=C(O)C1CC(=O)N(CCCOc2ccc(F)cc2)C1. The van der Waals surface area contributed by atoms with Gasteiger partial charge in [0.15, 0.2) is 0 Å². The molecule has 0 spiro atoms. The van der Waals surface area contributed by atoms with Gasteiger partial charge in [0, 0.05) is 19.5 Å². The number of carboxylic acids is 1. The second-order valence-electron chi connectivity index (χ2n) is 4.73. The van der Waals surface area contributed by atoms with E-state index in [-0.39, 0.29) is 24.7 Å². The maximum Gasteiger partial charge on any atom is 0.308 e. The molecule has 1 fully saturated rings. The normalized spacial score (nSPS) is 18.4. The number of hydrogen-bond donors (Lipinski definition) is 1. The van der Waals surface area contributed by atoms with Gasteiger partial charge in [-0.05, 0) is 30.7 Å². The number of amides is 1. The van der Waals surface area contributed by atoms with E-state index < -0.39 is 11.9 Å². The topological polar surface area (TPSA) is 66.8 Å². The highest BCUT2D eigenvalue weighted by atomic mass is 19.1. The molecule has 108 valence electrons. The first-order chi connectivity index (χ1) is 9.56. The molecule has 1 aromatic rings. The minimum atomic E-state index is -0.927.